The minimum atomic E-state index is -0.832. The fourth-order valence-corrected chi connectivity index (χ4v) is 3.07. The first-order chi connectivity index (χ1) is 10.1. The van der Waals surface area contributed by atoms with Crippen LogP contribution in [-0.4, -0.2) is 21.2 Å². The molecule has 110 valence electrons. The van der Waals surface area contributed by atoms with Gasteiger partial charge in [0, 0.05) is 5.56 Å². The third kappa shape index (κ3) is 2.70. The Bertz CT molecular complexity index is 689. The number of halogens is 2. The van der Waals surface area contributed by atoms with E-state index < -0.39 is 11.9 Å². The second kappa shape index (κ2) is 5.55. The highest BCUT2D eigenvalue weighted by Crippen LogP contribution is 2.39. The number of rotatable bonds is 3. The molecular formula is C14H12BrFN2O3. The molecule has 1 aliphatic rings. The second-order valence-corrected chi connectivity index (χ2v) is 5.92. The summed E-state index contributed by atoms with van der Waals surface area (Å²) in [6, 6.07) is 4.43. The largest absolute Gasteiger partial charge is 0.481 e. The van der Waals surface area contributed by atoms with E-state index in [1.165, 1.54) is 6.07 Å². The number of carboxylic acids is 1. The number of carboxylic acid groups (broad SMARTS) is 1. The van der Waals surface area contributed by atoms with Gasteiger partial charge in [-0.05, 0) is 47.0 Å². The third-order valence-corrected chi connectivity index (χ3v) is 4.38. The molecule has 1 aromatic carbocycles. The average molecular weight is 355 g/mol. The summed E-state index contributed by atoms with van der Waals surface area (Å²) in [5.41, 5.74) is 0.614. The van der Waals surface area contributed by atoms with E-state index in [1.807, 2.05) is 0 Å². The molecule has 7 heteroatoms. The highest BCUT2D eigenvalue weighted by Gasteiger charge is 2.37. The van der Waals surface area contributed by atoms with Crippen LogP contribution >= 0.6 is 15.9 Å². The van der Waals surface area contributed by atoms with Crippen molar-refractivity contribution in [2.75, 3.05) is 0 Å². The Balaban J connectivity index is 1.89. The molecule has 0 saturated heterocycles. The van der Waals surface area contributed by atoms with E-state index in [1.54, 1.807) is 12.1 Å². The Kier molecular flexibility index (Phi) is 3.75. The fraction of sp³-hybridized carbons (Fsp3) is 0.357. The molecule has 0 radical (unpaired) electrons. The lowest BCUT2D eigenvalue weighted by Crippen LogP contribution is -2.17. The average Bonchev–Trinajstić information content (AvgIpc) is 3.09. The van der Waals surface area contributed by atoms with Crippen molar-refractivity contribution >= 4 is 21.9 Å². The van der Waals surface area contributed by atoms with Gasteiger partial charge in [0.25, 0.3) is 0 Å². The maximum atomic E-state index is 13.2. The molecule has 21 heavy (non-hydrogen) atoms. The summed E-state index contributed by atoms with van der Waals surface area (Å²) in [5.74, 6) is -1.24. The Morgan fingerprint density at radius 2 is 2.24 bits per heavy atom. The topological polar surface area (TPSA) is 76.2 Å². The van der Waals surface area contributed by atoms with E-state index in [2.05, 4.69) is 26.1 Å². The summed E-state index contributed by atoms with van der Waals surface area (Å²) in [6.07, 6.45) is 2.19. The zero-order chi connectivity index (χ0) is 15.0. The van der Waals surface area contributed by atoms with Crippen molar-refractivity contribution in [3.8, 4) is 11.4 Å². The van der Waals surface area contributed by atoms with Crippen molar-refractivity contribution in [2.45, 2.75) is 25.2 Å². The van der Waals surface area contributed by atoms with Gasteiger partial charge < -0.3 is 9.63 Å². The number of aliphatic carboxylic acids is 1. The summed E-state index contributed by atoms with van der Waals surface area (Å²) < 4.78 is 18.8. The normalized spacial score (nSPS) is 21.6. The van der Waals surface area contributed by atoms with Gasteiger partial charge in [0.15, 0.2) is 0 Å². The molecule has 1 aliphatic carbocycles. The Hall–Kier alpha value is -1.76. The fourth-order valence-electron chi connectivity index (χ4n) is 2.69. The van der Waals surface area contributed by atoms with Crippen molar-refractivity contribution in [3.05, 3.63) is 34.4 Å². The van der Waals surface area contributed by atoms with Gasteiger partial charge in [-0.3, -0.25) is 4.79 Å². The molecule has 5 nitrogen and oxygen atoms in total. The molecule has 3 rings (SSSR count). The van der Waals surface area contributed by atoms with E-state index >= 15 is 0 Å². The number of benzene rings is 1. The smallest absolute Gasteiger partial charge is 0.307 e. The predicted octanol–water partition coefficient (Wildman–Crippen LogP) is 3.61. The van der Waals surface area contributed by atoms with Crippen molar-refractivity contribution in [1.82, 2.24) is 10.1 Å². The standard InChI is InChI=1S/C14H12BrFN2O3/c15-10-6-7(4-5-11(10)16)12-17-13(21-18-12)8-2-1-3-9(8)14(19)20/h4-6,8-9H,1-3H2,(H,19,20). The molecule has 1 fully saturated rings. The maximum Gasteiger partial charge on any atom is 0.307 e. The van der Waals surface area contributed by atoms with Crippen LogP contribution in [0.1, 0.15) is 31.1 Å². The summed E-state index contributed by atoms with van der Waals surface area (Å²) >= 11 is 3.11. The predicted molar refractivity (Wildman–Crippen MR) is 75.1 cm³/mol. The van der Waals surface area contributed by atoms with Gasteiger partial charge >= 0.3 is 5.97 Å². The van der Waals surface area contributed by atoms with Gasteiger partial charge in [0.1, 0.15) is 5.82 Å². The first-order valence-electron chi connectivity index (χ1n) is 6.58. The van der Waals surface area contributed by atoms with Crippen LogP contribution in [0.15, 0.2) is 27.2 Å². The molecule has 2 aromatic rings. The van der Waals surface area contributed by atoms with Gasteiger partial charge in [-0.1, -0.05) is 11.6 Å². The van der Waals surface area contributed by atoms with E-state index in [0.29, 0.717) is 28.2 Å². The number of aromatic nitrogens is 2. The Labute approximate surface area is 128 Å². The van der Waals surface area contributed by atoms with E-state index in [4.69, 9.17) is 4.52 Å². The zero-order valence-electron chi connectivity index (χ0n) is 10.9. The van der Waals surface area contributed by atoms with Crippen LogP contribution < -0.4 is 0 Å². The number of nitrogens with zero attached hydrogens (tertiary/aromatic N) is 2. The molecule has 1 aromatic heterocycles. The molecule has 1 heterocycles. The maximum absolute atomic E-state index is 13.2. The molecule has 0 aliphatic heterocycles. The van der Waals surface area contributed by atoms with Crippen molar-refractivity contribution in [3.63, 3.8) is 0 Å². The highest BCUT2D eigenvalue weighted by molar-refractivity contribution is 9.10. The lowest BCUT2D eigenvalue weighted by molar-refractivity contribution is -0.142. The summed E-state index contributed by atoms with van der Waals surface area (Å²) in [7, 11) is 0. The summed E-state index contributed by atoms with van der Waals surface area (Å²) in [4.78, 5) is 15.5. The van der Waals surface area contributed by atoms with Crippen LogP contribution in [-0.2, 0) is 4.79 Å². The lowest BCUT2D eigenvalue weighted by Gasteiger charge is -2.10. The van der Waals surface area contributed by atoms with Crippen LogP contribution in [0, 0.1) is 11.7 Å². The molecule has 1 saturated carbocycles. The Morgan fingerprint density at radius 1 is 1.43 bits per heavy atom. The van der Waals surface area contributed by atoms with Crippen LogP contribution in [0.4, 0.5) is 4.39 Å². The van der Waals surface area contributed by atoms with Gasteiger partial charge in [-0.2, -0.15) is 4.98 Å². The number of hydrogen-bond acceptors (Lipinski definition) is 4. The summed E-state index contributed by atoms with van der Waals surface area (Å²) in [6.45, 7) is 0. The molecule has 2 unspecified atom stereocenters. The molecular weight excluding hydrogens is 343 g/mol. The minimum Gasteiger partial charge on any atom is -0.481 e. The molecule has 2 atom stereocenters. The van der Waals surface area contributed by atoms with Gasteiger partial charge in [-0.25, -0.2) is 4.39 Å². The van der Waals surface area contributed by atoms with Crippen molar-refractivity contribution < 1.29 is 18.8 Å². The van der Waals surface area contributed by atoms with Crippen LogP contribution in [0.2, 0.25) is 0 Å². The lowest BCUT2D eigenvalue weighted by atomic mass is 9.96. The molecule has 1 N–H and O–H groups in total. The van der Waals surface area contributed by atoms with Crippen LogP contribution in [0.5, 0.6) is 0 Å². The van der Waals surface area contributed by atoms with Crippen molar-refractivity contribution in [1.29, 1.82) is 0 Å². The highest BCUT2D eigenvalue weighted by atomic mass is 79.9. The second-order valence-electron chi connectivity index (χ2n) is 5.07. The van der Waals surface area contributed by atoms with Gasteiger partial charge in [0.05, 0.1) is 16.3 Å². The summed E-state index contributed by atoms with van der Waals surface area (Å²) in [5, 5.41) is 13.1. The monoisotopic (exact) mass is 354 g/mol. The molecule has 0 bridgehead atoms. The molecule has 0 spiro atoms. The zero-order valence-corrected chi connectivity index (χ0v) is 12.5. The van der Waals surface area contributed by atoms with Gasteiger partial charge in [0.2, 0.25) is 11.7 Å². The Morgan fingerprint density at radius 3 is 2.95 bits per heavy atom. The molecule has 0 amide bonds. The van der Waals surface area contributed by atoms with E-state index in [9.17, 15) is 14.3 Å². The number of hydrogen-bond donors (Lipinski definition) is 1. The van der Waals surface area contributed by atoms with Gasteiger partial charge in [-0.15, -0.1) is 0 Å². The quantitative estimate of drug-likeness (QED) is 0.910. The number of carbonyl (C=O) groups is 1. The first kappa shape index (κ1) is 14.2. The minimum absolute atomic E-state index is 0.243. The first-order valence-corrected chi connectivity index (χ1v) is 7.37. The van der Waals surface area contributed by atoms with E-state index in [-0.39, 0.29) is 11.7 Å². The van der Waals surface area contributed by atoms with Crippen LogP contribution in [0.3, 0.4) is 0 Å². The van der Waals surface area contributed by atoms with E-state index in [0.717, 1.165) is 12.8 Å². The van der Waals surface area contributed by atoms with Crippen molar-refractivity contribution in [2.24, 2.45) is 5.92 Å². The third-order valence-electron chi connectivity index (χ3n) is 3.77. The van der Waals surface area contributed by atoms with Crippen LogP contribution in [0.25, 0.3) is 11.4 Å². The SMILES string of the molecule is O=C(O)C1CCCC1c1nc(-c2ccc(F)c(Br)c2)no1.